The lowest BCUT2D eigenvalue weighted by Crippen LogP contribution is -2.53. The van der Waals surface area contributed by atoms with Crippen molar-refractivity contribution in [3.63, 3.8) is 0 Å². The maximum absolute atomic E-state index is 6.07. The van der Waals surface area contributed by atoms with Gasteiger partial charge < -0.3 is 32.4 Å². The Bertz CT molecular complexity index is 266. The molecule has 2 aliphatic rings. The van der Waals surface area contributed by atoms with Crippen molar-refractivity contribution in [2.45, 2.75) is 68.7 Å². The maximum Gasteiger partial charge on any atom is 0.173 e. The lowest BCUT2D eigenvalue weighted by molar-refractivity contribution is -0.227. The molecule has 0 spiro atoms. The molecule has 8 N–H and O–H groups in total. The Kier molecular flexibility index (Phi) is 4.94. The largest absolute Gasteiger partial charge is 0.346 e. The van der Waals surface area contributed by atoms with E-state index in [1.807, 2.05) is 0 Å². The maximum atomic E-state index is 6.07. The third-order valence-corrected chi connectivity index (χ3v) is 3.94. The van der Waals surface area contributed by atoms with Gasteiger partial charge >= 0.3 is 0 Å². The van der Waals surface area contributed by atoms with E-state index in [0.717, 1.165) is 32.1 Å². The molecule has 6 nitrogen and oxygen atoms in total. The minimum Gasteiger partial charge on any atom is -0.346 e. The number of rotatable bonds is 3. The van der Waals surface area contributed by atoms with Crippen molar-refractivity contribution in [3.05, 3.63) is 0 Å². The van der Waals surface area contributed by atoms with Gasteiger partial charge in [0, 0.05) is 18.6 Å². The number of ether oxygens (including phenoxy) is 2. The van der Waals surface area contributed by atoms with Crippen LogP contribution in [-0.4, -0.2) is 43.2 Å². The molecule has 1 aliphatic carbocycles. The zero-order valence-electron chi connectivity index (χ0n) is 10.8. The summed E-state index contributed by atoms with van der Waals surface area (Å²) in [4.78, 5) is 0. The van der Waals surface area contributed by atoms with Crippen LogP contribution in [0.4, 0.5) is 0 Å². The predicted molar refractivity (Wildman–Crippen MR) is 69.6 cm³/mol. The summed E-state index contributed by atoms with van der Waals surface area (Å²) in [6, 6.07) is 0.0796. The molecule has 0 aromatic rings. The van der Waals surface area contributed by atoms with Gasteiger partial charge in [0.25, 0.3) is 0 Å². The fraction of sp³-hybridized carbons (Fsp3) is 1.00. The summed E-state index contributed by atoms with van der Waals surface area (Å²) in [7, 11) is 0. The number of hydrogen-bond donors (Lipinski definition) is 4. The lowest BCUT2D eigenvalue weighted by Gasteiger charge is -2.39. The summed E-state index contributed by atoms with van der Waals surface area (Å²) in [5, 5.41) is 0. The van der Waals surface area contributed by atoms with Crippen LogP contribution in [0.2, 0.25) is 0 Å². The van der Waals surface area contributed by atoms with Crippen LogP contribution in [0.5, 0.6) is 0 Å². The van der Waals surface area contributed by atoms with E-state index in [1.54, 1.807) is 0 Å². The molecule has 1 saturated carbocycles. The highest BCUT2D eigenvalue weighted by Crippen LogP contribution is 2.25. The molecule has 18 heavy (non-hydrogen) atoms. The van der Waals surface area contributed by atoms with Crippen LogP contribution in [0.3, 0.4) is 0 Å². The smallest absolute Gasteiger partial charge is 0.173 e. The topological polar surface area (TPSA) is 123 Å². The molecule has 0 aromatic heterocycles. The third-order valence-electron chi connectivity index (χ3n) is 3.94. The molecule has 6 unspecified atom stereocenters. The first-order chi connectivity index (χ1) is 8.60. The van der Waals surface area contributed by atoms with E-state index in [0.29, 0.717) is 6.54 Å². The molecule has 1 heterocycles. The van der Waals surface area contributed by atoms with Gasteiger partial charge in [0.2, 0.25) is 0 Å². The molecular formula is C12H26N4O2. The SMILES string of the molecule is NCC1CCC(N)C(OC2CCC(N)CC2N)O1. The summed E-state index contributed by atoms with van der Waals surface area (Å²) in [6.45, 7) is 0.508. The first-order valence-corrected chi connectivity index (χ1v) is 6.88. The first-order valence-electron chi connectivity index (χ1n) is 6.88. The second kappa shape index (κ2) is 6.27. The summed E-state index contributed by atoms with van der Waals surface area (Å²) in [5.74, 6) is 0. The van der Waals surface area contributed by atoms with Gasteiger partial charge in [0.1, 0.15) is 0 Å². The van der Waals surface area contributed by atoms with Crippen molar-refractivity contribution < 1.29 is 9.47 Å². The Hall–Kier alpha value is -0.240. The summed E-state index contributed by atoms with van der Waals surface area (Å²) in [5.41, 5.74) is 23.6. The lowest BCUT2D eigenvalue weighted by atomic mass is 9.89. The predicted octanol–water partition coefficient (Wildman–Crippen LogP) is -0.999. The monoisotopic (exact) mass is 258 g/mol. The Morgan fingerprint density at radius 1 is 1.00 bits per heavy atom. The Morgan fingerprint density at radius 3 is 2.44 bits per heavy atom. The number of nitrogens with two attached hydrogens (primary N) is 4. The molecule has 0 amide bonds. The Balaban J connectivity index is 1.87. The molecule has 106 valence electrons. The van der Waals surface area contributed by atoms with E-state index in [2.05, 4.69) is 0 Å². The van der Waals surface area contributed by atoms with Crippen LogP contribution in [-0.2, 0) is 9.47 Å². The third kappa shape index (κ3) is 3.40. The Labute approximate surface area is 108 Å². The van der Waals surface area contributed by atoms with E-state index >= 15 is 0 Å². The molecule has 0 radical (unpaired) electrons. The zero-order chi connectivity index (χ0) is 13.1. The van der Waals surface area contributed by atoms with Crippen LogP contribution >= 0.6 is 0 Å². The van der Waals surface area contributed by atoms with Gasteiger partial charge in [-0.15, -0.1) is 0 Å². The fourth-order valence-corrected chi connectivity index (χ4v) is 2.73. The van der Waals surface area contributed by atoms with Crippen LogP contribution in [0.1, 0.15) is 32.1 Å². The summed E-state index contributed by atoms with van der Waals surface area (Å²) < 4.78 is 11.7. The quantitative estimate of drug-likeness (QED) is 0.515. The highest BCUT2D eigenvalue weighted by Gasteiger charge is 2.34. The summed E-state index contributed by atoms with van der Waals surface area (Å²) in [6.07, 6.45) is 4.08. The van der Waals surface area contributed by atoms with Gasteiger partial charge in [-0.05, 0) is 32.1 Å². The molecular weight excluding hydrogens is 232 g/mol. The minimum absolute atomic E-state index is 0.00243. The van der Waals surface area contributed by atoms with Crippen molar-refractivity contribution in [2.75, 3.05) is 6.54 Å². The second-order valence-electron chi connectivity index (χ2n) is 5.51. The van der Waals surface area contributed by atoms with Gasteiger partial charge in [0.15, 0.2) is 6.29 Å². The second-order valence-corrected chi connectivity index (χ2v) is 5.51. The van der Waals surface area contributed by atoms with Crippen LogP contribution in [0.25, 0.3) is 0 Å². The van der Waals surface area contributed by atoms with Gasteiger partial charge in [0.05, 0.1) is 18.2 Å². The van der Waals surface area contributed by atoms with E-state index in [1.165, 1.54) is 0 Å². The van der Waals surface area contributed by atoms with Crippen molar-refractivity contribution in [1.82, 2.24) is 0 Å². The highest BCUT2D eigenvalue weighted by atomic mass is 16.7. The summed E-state index contributed by atoms with van der Waals surface area (Å²) >= 11 is 0. The van der Waals surface area contributed by atoms with Gasteiger partial charge in [-0.25, -0.2) is 0 Å². The standard InChI is InChI=1S/C12H26N4O2/c13-6-8-2-3-9(15)12(17-8)18-11-4-1-7(14)5-10(11)16/h7-12H,1-6,13-16H2. The minimum atomic E-state index is -0.377. The molecule has 6 atom stereocenters. The zero-order valence-corrected chi connectivity index (χ0v) is 10.8. The fourth-order valence-electron chi connectivity index (χ4n) is 2.73. The first kappa shape index (κ1) is 14.2. The van der Waals surface area contributed by atoms with Crippen molar-refractivity contribution in [3.8, 4) is 0 Å². The molecule has 1 aliphatic heterocycles. The molecule has 2 fully saturated rings. The normalized spacial score (nSPS) is 46.0. The van der Waals surface area contributed by atoms with Gasteiger partial charge in [-0.1, -0.05) is 0 Å². The van der Waals surface area contributed by atoms with Crippen LogP contribution in [0.15, 0.2) is 0 Å². The Morgan fingerprint density at radius 2 is 1.78 bits per heavy atom. The van der Waals surface area contributed by atoms with Gasteiger partial charge in [-0.2, -0.15) is 0 Å². The van der Waals surface area contributed by atoms with E-state index < -0.39 is 0 Å². The highest BCUT2D eigenvalue weighted by molar-refractivity contribution is 4.87. The van der Waals surface area contributed by atoms with E-state index in [4.69, 9.17) is 32.4 Å². The average molecular weight is 258 g/mol. The van der Waals surface area contributed by atoms with Gasteiger partial charge in [-0.3, -0.25) is 0 Å². The molecule has 2 rings (SSSR count). The molecule has 0 aromatic carbocycles. The molecule has 0 bridgehead atoms. The number of hydrogen-bond acceptors (Lipinski definition) is 6. The molecule has 1 saturated heterocycles. The van der Waals surface area contributed by atoms with Crippen molar-refractivity contribution >= 4 is 0 Å². The van der Waals surface area contributed by atoms with Crippen molar-refractivity contribution in [1.29, 1.82) is 0 Å². The van der Waals surface area contributed by atoms with Crippen LogP contribution in [0, 0.1) is 0 Å². The van der Waals surface area contributed by atoms with Crippen LogP contribution < -0.4 is 22.9 Å². The van der Waals surface area contributed by atoms with Crippen molar-refractivity contribution in [2.24, 2.45) is 22.9 Å². The average Bonchev–Trinajstić information content (AvgIpc) is 2.35. The van der Waals surface area contributed by atoms with E-state index in [9.17, 15) is 0 Å². The van der Waals surface area contributed by atoms with E-state index in [-0.39, 0.29) is 36.6 Å². The molecule has 6 heteroatoms.